The number of carbonyl (C=O) groups is 1. The summed E-state index contributed by atoms with van der Waals surface area (Å²) in [6.45, 7) is 6.13. The third-order valence-electron chi connectivity index (χ3n) is 7.81. The number of esters is 1. The van der Waals surface area contributed by atoms with Crippen LogP contribution in [0.5, 0.6) is 5.75 Å². The zero-order valence-electron chi connectivity index (χ0n) is 24.8. The molecule has 0 bridgehead atoms. The number of nitrogens with zero attached hydrogens (tertiary/aromatic N) is 3. The molecule has 3 aromatic carbocycles. The quantitative estimate of drug-likeness (QED) is 0.0823. The van der Waals surface area contributed by atoms with Crippen molar-refractivity contribution in [2.45, 2.75) is 51.5 Å². The van der Waals surface area contributed by atoms with Crippen molar-refractivity contribution in [3.63, 3.8) is 0 Å². The van der Waals surface area contributed by atoms with Gasteiger partial charge in [0.2, 0.25) is 0 Å². The van der Waals surface area contributed by atoms with Gasteiger partial charge in [0.25, 0.3) is 0 Å². The van der Waals surface area contributed by atoms with Gasteiger partial charge in [0.05, 0.1) is 37.6 Å². The van der Waals surface area contributed by atoms with E-state index in [4.69, 9.17) is 20.3 Å². The highest BCUT2D eigenvalue weighted by molar-refractivity contribution is 9.08. The number of halogens is 1. The summed E-state index contributed by atoms with van der Waals surface area (Å²) in [5.74, 6) is 0.522. The number of carbonyl (C=O) groups excluding carboxylic acids is 1. The molecule has 8 nitrogen and oxygen atoms in total. The summed E-state index contributed by atoms with van der Waals surface area (Å²) in [5.41, 5.74) is 12.3. The van der Waals surface area contributed by atoms with Crippen LogP contribution in [0.15, 0.2) is 60.7 Å². The zero-order chi connectivity index (χ0) is 30.3. The molecule has 2 heterocycles. The average molecular weight is 648 g/mol. The van der Waals surface area contributed by atoms with E-state index in [9.17, 15) is 9.90 Å². The summed E-state index contributed by atoms with van der Waals surface area (Å²) in [6, 6.07) is 20.5. The normalized spacial score (nSPS) is 11.5. The number of hydrogen-bond acceptors (Lipinski definition) is 6. The molecule has 226 valence electrons. The van der Waals surface area contributed by atoms with E-state index in [0.717, 1.165) is 61.9 Å². The molecule has 5 aromatic rings. The number of nitrogens with two attached hydrogens (primary N) is 1. The molecule has 0 atom stereocenters. The molecule has 0 fully saturated rings. The highest BCUT2D eigenvalue weighted by Gasteiger charge is 2.27. The van der Waals surface area contributed by atoms with Crippen LogP contribution in [0.4, 0.5) is 0 Å². The standard InChI is InChI=1S/C34H39BrN4O4/c1-3-42-34(41)33-27(15-8-21-43-30-16-6-11-24-10-4-5-12-25(24)30)26-13-7-14-28(32(26)38(33)18-9-17-36)31-23(2)39(19-20-40)37-29(31)22-35/h4-7,10-14,16,40H,3,8-9,15,17-22,36H2,1-2H3. The Morgan fingerprint density at radius 3 is 2.56 bits per heavy atom. The molecule has 0 amide bonds. The number of ether oxygens (including phenoxy) is 2. The van der Waals surface area contributed by atoms with Gasteiger partial charge in [-0.3, -0.25) is 4.68 Å². The van der Waals surface area contributed by atoms with Crippen LogP contribution < -0.4 is 10.5 Å². The lowest BCUT2D eigenvalue weighted by Crippen LogP contribution is -2.16. The maximum atomic E-state index is 13.6. The summed E-state index contributed by atoms with van der Waals surface area (Å²) >= 11 is 3.62. The van der Waals surface area contributed by atoms with Crippen LogP contribution in [0.3, 0.4) is 0 Å². The average Bonchev–Trinajstić information content (AvgIpc) is 3.52. The van der Waals surface area contributed by atoms with Crippen LogP contribution in [-0.4, -0.2) is 51.8 Å². The smallest absolute Gasteiger partial charge is 0.355 e. The van der Waals surface area contributed by atoms with E-state index >= 15 is 0 Å². The van der Waals surface area contributed by atoms with Crippen LogP contribution in [0.1, 0.15) is 47.2 Å². The van der Waals surface area contributed by atoms with Crippen molar-refractivity contribution in [2.24, 2.45) is 5.73 Å². The largest absolute Gasteiger partial charge is 0.493 e. The highest BCUT2D eigenvalue weighted by atomic mass is 79.9. The third kappa shape index (κ3) is 6.20. The van der Waals surface area contributed by atoms with E-state index in [1.165, 1.54) is 0 Å². The van der Waals surface area contributed by atoms with Crippen LogP contribution in [0.25, 0.3) is 32.8 Å². The summed E-state index contributed by atoms with van der Waals surface area (Å²) in [5, 5.41) is 18.2. The second kappa shape index (κ2) is 14.2. The first kappa shape index (κ1) is 30.8. The molecule has 0 radical (unpaired) electrons. The number of aliphatic hydroxyl groups excluding tert-OH is 1. The number of para-hydroxylation sites is 1. The van der Waals surface area contributed by atoms with Gasteiger partial charge in [0, 0.05) is 39.5 Å². The van der Waals surface area contributed by atoms with Crippen LogP contribution in [-0.2, 0) is 29.6 Å². The van der Waals surface area contributed by atoms with E-state index in [1.54, 1.807) is 0 Å². The first-order chi connectivity index (χ1) is 21.0. The van der Waals surface area contributed by atoms with E-state index in [0.29, 0.717) is 50.1 Å². The summed E-state index contributed by atoms with van der Waals surface area (Å²) in [6.07, 6.45) is 2.07. The minimum Gasteiger partial charge on any atom is -0.493 e. The van der Waals surface area contributed by atoms with E-state index < -0.39 is 0 Å². The predicted molar refractivity (Wildman–Crippen MR) is 175 cm³/mol. The van der Waals surface area contributed by atoms with Gasteiger partial charge in [-0.05, 0) is 56.7 Å². The van der Waals surface area contributed by atoms with Gasteiger partial charge in [-0.2, -0.15) is 5.10 Å². The number of aryl methyl sites for hydroxylation is 2. The van der Waals surface area contributed by atoms with Crippen molar-refractivity contribution in [1.29, 1.82) is 0 Å². The molecule has 43 heavy (non-hydrogen) atoms. The van der Waals surface area contributed by atoms with Crippen molar-refractivity contribution in [3.8, 4) is 16.9 Å². The topological polar surface area (TPSA) is 105 Å². The fourth-order valence-corrected chi connectivity index (χ4v) is 6.35. The second-order valence-corrected chi connectivity index (χ2v) is 11.0. The molecular formula is C34H39BrN4O4. The summed E-state index contributed by atoms with van der Waals surface area (Å²) in [4.78, 5) is 13.6. The first-order valence-corrected chi connectivity index (χ1v) is 16.0. The molecule has 0 aliphatic carbocycles. The molecule has 5 rings (SSSR count). The SMILES string of the molecule is CCOC(=O)c1c(CCCOc2cccc3ccccc23)c2cccc(-c3c(CBr)nn(CCO)c3C)c2n1CCCN. The van der Waals surface area contributed by atoms with Gasteiger partial charge in [-0.1, -0.05) is 70.5 Å². The summed E-state index contributed by atoms with van der Waals surface area (Å²) < 4.78 is 15.8. The third-order valence-corrected chi connectivity index (χ3v) is 8.34. The van der Waals surface area contributed by atoms with Gasteiger partial charge in [-0.25, -0.2) is 4.79 Å². The van der Waals surface area contributed by atoms with Crippen molar-refractivity contribution < 1.29 is 19.4 Å². The first-order valence-electron chi connectivity index (χ1n) is 14.9. The number of aromatic nitrogens is 3. The van der Waals surface area contributed by atoms with Crippen molar-refractivity contribution in [2.75, 3.05) is 26.4 Å². The molecular weight excluding hydrogens is 608 g/mol. The number of alkyl halides is 1. The van der Waals surface area contributed by atoms with Gasteiger partial charge in [-0.15, -0.1) is 0 Å². The number of hydrogen-bond donors (Lipinski definition) is 2. The maximum Gasteiger partial charge on any atom is 0.355 e. The lowest BCUT2D eigenvalue weighted by molar-refractivity contribution is 0.0512. The molecule has 3 N–H and O–H groups in total. The second-order valence-electron chi connectivity index (χ2n) is 10.5. The molecule has 9 heteroatoms. The van der Waals surface area contributed by atoms with Crippen molar-refractivity contribution >= 4 is 43.6 Å². The van der Waals surface area contributed by atoms with E-state index in [2.05, 4.69) is 50.8 Å². The molecule has 2 aromatic heterocycles. The van der Waals surface area contributed by atoms with Crippen LogP contribution in [0.2, 0.25) is 0 Å². The Morgan fingerprint density at radius 2 is 1.79 bits per heavy atom. The Bertz CT molecular complexity index is 1720. The molecule has 0 saturated heterocycles. The minimum absolute atomic E-state index is 0.00123. The lowest BCUT2D eigenvalue weighted by Gasteiger charge is -2.14. The number of rotatable bonds is 14. The summed E-state index contributed by atoms with van der Waals surface area (Å²) in [7, 11) is 0. The Morgan fingerprint density at radius 1 is 1.02 bits per heavy atom. The van der Waals surface area contributed by atoms with Crippen LogP contribution >= 0.6 is 15.9 Å². The fraction of sp³-hybridized carbons (Fsp3) is 0.353. The monoisotopic (exact) mass is 646 g/mol. The molecule has 0 spiro atoms. The maximum absolute atomic E-state index is 13.6. The molecule has 0 aliphatic rings. The Hall–Kier alpha value is -3.66. The van der Waals surface area contributed by atoms with Gasteiger partial charge >= 0.3 is 5.97 Å². The lowest BCUT2D eigenvalue weighted by atomic mass is 9.98. The van der Waals surface area contributed by atoms with E-state index in [-0.39, 0.29) is 19.2 Å². The fourth-order valence-electron chi connectivity index (χ4n) is 5.96. The van der Waals surface area contributed by atoms with Gasteiger partial charge in [0.15, 0.2) is 0 Å². The molecule has 0 saturated carbocycles. The molecule has 0 aliphatic heterocycles. The van der Waals surface area contributed by atoms with Crippen molar-refractivity contribution in [1.82, 2.24) is 14.3 Å². The number of benzene rings is 3. The van der Waals surface area contributed by atoms with Gasteiger partial charge < -0.3 is 24.9 Å². The molecule has 0 unspecified atom stereocenters. The zero-order valence-corrected chi connectivity index (χ0v) is 26.4. The Kier molecular flexibility index (Phi) is 10.2. The van der Waals surface area contributed by atoms with Gasteiger partial charge in [0.1, 0.15) is 11.4 Å². The number of aliphatic hydroxyl groups is 1. The van der Waals surface area contributed by atoms with E-state index in [1.807, 2.05) is 48.9 Å². The van der Waals surface area contributed by atoms with Crippen molar-refractivity contribution in [3.05, 3.63) is 83.3 Å². The highest BCUT2D eigenvalue weighted by Crippen LogP contribution is 2.39. The predicted octanol–water partition coefficient (Wildman–Crippen LogP) is 6.39. The Labute approximate surface area is 260 Å². The Balaban J connectivity index is 1.58. The number of fused-ring (bicyclic) bond motifs is 2. The minimum atomic E-state index is -0.333. The van der Waals surface area contributed by atoms with Crippen LogP contribution in [0, 0.1) is 6.92 Å².